The quantitative estimate of drug-likeness (QED) is 0.506. The molecule has 1 fully saturated rings. The molecule has 156 valence electrons. The van der Waals surface area contributed by atoms with Gasteiger partial charge in [-0.15, -0.1) is 0 Å². The molecular formula is C23H31N3O2S. The van der Waals surface area contributed by atoms with Crippen LogP contribution in [0.2, 0.25) is 0 Å². The van der Waals surface area contributed by atoms with Gasteiger partial charge in [0.15, 0.2) is 5.96 Å². The number of benzene rings is 2. The first-order valence-corrected chi connectivity index (χ1v) is 11.7. The van der Waals surface area contributed by atoms with Crippen LogP contribution >= 0.6 is 0 Å². The van der Waals surface area contributed by atoms with Gasteiger partial charge in [-0.3, -0.25) is 9.20 Å². The minimum absolute atomic E-state index is 0.515. The summed E-state index contributed by atoms with van der Waals surface area (Å²) in [7, 11) is -1.01. The predicted octanol–water partition coefficient (Wildman–Crippen LogP) is 3.30. The van der Waals surface area contributed by atoms with E-state index in [1.54, 1.807) is 0 Å². The highest BCUT2D eigenvalue weighted by Gasteiger charge is 2.25. The van der Waals surface area contributed by atoms with Gasteiger partial charge in [-0.25, -0.2) is 0 Å². The Hall–Kier alpha value is -2.18. The predicted molar refractivity (Wildman–Crippen MR) is 119 cm³/mol. The highest BCUT2D eigenvalue weighted by Crippen LogP contribution is 2.17. The molecule has 2 atom stereocenters. The molecule has 0 spiro atoms. The third-order valence-electron chi connectivity index (χ3n) is 4.93. The van der Waals surface area contributed by atoms with Crippen LogP contribution in [0.3, 0.4) is 0 Å². The van der Waals surface area contributed by atoms with Gasteiger partial charge in [0, 0.05) is 36.2 Å². The van der Waals surface area contributed by atoms with E-state index in [0.717, 1.165) is 43.5 Å². The van der Waals surface area contributed by atoms with Gasteiger partial charge >= 0.3 is 0 Å². The molecule has 0 aliphatic carbocycles. The van der Waals surface area contributed by atoms with Crippen molar-refractivity contribution >= 4 is 16.8 Å². The van der Waals surface area contributed by atoms with E-state index in [1.807, 2.05) is 48.5 Å². The Morgan fingerprint density at radius 2 is 1.90 bits per heavy atom. The van der Waals surface area contributed by atoms with Gasteiger partial charge in [0.2, 0.25) is 0 Å². The first-order valence-electron chi connectivity index (χ1n) is 10.3. The maximum atomic E-state index is 12.4. The van der Waals surface area contributed by atoms with Crippen molar-refractivity contribution in [2.45, 2.75) is 24.8 Å². The van der Waals surface area contributed by atoms with Crippen molar-refractivity contribution in [3.63, 3.8) is 0 Å². The fraction of sp³-hybridized carbons (Fsp3) is 0.435. The molecule has 6 heteroatoms. The van der Waals surface area contributed by atoms with Crippen LogP contribution in [0.4, 0.5) is 0 Å². The molecule has 0 bridgehead atoms. The third kappa shape index (κ3) is 6.98. The largest absolute Gasteiger partial charge is 0.376 e. The second-order valence-electron chi connectivity index (χ2n) is 7.20. The van der Waals surface area contributed by atoms with Crippen molar-refractivity contribution in [2.75, 3.05) is 38.5 Å². The van der Waals surface area contributed by atoms with Crippen molar-refractivity contribution in [3.05, 3.63) is 66.2 Å². The van der Waals surface area contributed by atoms with Crippen LogP contribution in [-0.2, 0) is 22.1 Å². The van der Waals surface area contributed by atoms with E-state index in [4.69, 9.17) is 9.73 Å². The van der Waals surface area contributed by atoms with Crippen molar-refractivity contribution in [1.82, 2.24) is 10.2 Å². The highest BCUT2D eigenvalue weighted by atomic mass is 32.2. The molecule has 1 heterocycles. The van der Waals surface area contributed by atoms with Gasteiger partial charge in [-0.05, 0) is 31.0 Å². The van der Waals surface area contributed by atoms with E-state index in [-0.39, 0.29) is 0 Å². The molecular weight excluding hydrogens is 382 g/mol. The average molecular weight is 414 g/mol. The molecule has 2 aromatic carbocycles. The van der Waals surface area contributed by atoms with Crippen molar-refractivity contribution in [3.8, 4) is 0 Å². The molecule has 0 amide bonds. The summed E-state index contributed by atoms with van der Waals surface area (Å²) < 4.78 is 18.3. The maximum Gasteiger partial charge on any atom is 0.193 e. The molecule has 0 aromatic heterocycles. The normalized spacial score (nSPS) is 18.0. The molecule has 2 aromatic rings. The van der Waals surface area contributed by atoms with Crippen LogP contribution in [0.1, 0.15) is 18.9 Å². The maximum absolute atomic E-state index is 12.4. The molecule has 0 saturated carbocycles. The minimum Gasteiger partial charge on any atom is -0.376 e. The van der Waals surface area contributed by atoms with Crippen molar-refractivity contribution < 1.29 is 8.95 Å². The number of aliphatic imine (C=N–C) groups is 1. The summed E-state index contributed by atoms with van der Waals surface area (Å²) in [5, 5.41) is 3.38. The fourth-order valence-corrected chi connectivity index (χ4v) is 4.38. The summed E-state index contributed by atoms with van der Waals surface area (Å²) in [5.41, 5.74) is 1.21. The molecule has 2 unspecified atom stereocenters. The smallest absolute Gasteiger partial charge is 0.193 e. The number of ether oxygens (including phenoxy) is 1. The summed E-state index contributed by atoms with van der Waals surface area (Å²) in [6.45, 7) is 6.81. The Labute approximate surface area is 176 Å². The minimum atomic E-state index is -1.01. The number of likely N-dealkylation sites (tertiary alicyclic amines) is 1. The van der Waals surface area contributed by atoms with Crippen LogP contribution in [0.15, 0.2) is 70.6 Å². The lowest BCUT2D eigenvalue weighted by molar-refractivity contribution is 0.0907. The van der Waals surface area contributed by atoms with Gasteiger partial charge in [-0.1, -0.05) is 48.5 Å². The Morgan fingerprint density at radius 3 is 2.62 bits per heavy atom. The number of rotatable bonds is 9. The zero-order valence-electron chi connectivity index (χ0n) is 17.1. The van der Waals surface area contributed by atoms with Gasteiger partial charge < -0.3 is 15.0 Å². The average Bonchev–Trinajstić information content (AvgIpc) is 3.23. The zero-order valence-corrected chi connectivity index (χ0v) is 17.9. The molecule has 5 nitrogen and oxygen atoms in total. The molecule has 1 aliphatic rings. The van der Waals surface area contributed by atoms with E-state index in [9.17, 15) is 4.21 Å². The van der Waals surface area contributed by atoms with E-state index in [0.29, 0.717) is 24.8 Å². The molecule has 0 radical (unpaired) electrons. The van der Waals surface area contributed by atoms with Gasteiger partial charge in [0.05, 0.1) is 30.6 Å². The summed E-state index contributed by atoms with van der Waals surface area (Å²) in [6, 6.07) is 19.9. The summed E-state index contributed by atoms with van der Waals surface area (Å²) in [6.07, 6.45) is 1.11. The second kappa shape index (κ2) is 11.7. The lowest BCUT2D eigenvalue weighted by atomic mass is 10.1. The molecule has 3 rings (SSSR count). The van der Waals surface area contributed by atoms with Crippen LogP contribution < -0.4 is 5.32 Å². The SMILES string of the molecule is CCNC(=NCCS(=O)c1ccccc1)N1CCC(COCc2ccccc2)C1. The van der Waals surface area contributed by atoms with Crippen LogP contribution in [0, 0.1) is 5.92 Å². The fourth-order valence-electron chi connectivity index (χ4n) is 3.43. The Morgan fingerprint density at radius 1 is 1.17 bits per heavy atom. The van der Waals surface area contributed by atoms with Gasteiger partial charge in [-0.2, -0.15) is 0 Å². The first kappa shape index (κ1) is 21.5. The Bertz CT molecular complexity index is 783. The highest BCUT2D eigenvalue weighted by molar-refractivity contribution is 7.85. The summed E-state index contributed by atoms with van der Waals surface area (Å²) in [5.74, 6) is 1.97. The summed E-state index contributed by atoms with van der Waals surface area (Å²) in [4.78, 5) is 7.88. The van der Waals surface area contributed by atoms with Gasteiger partial charge in [0.25, 0.3) is 0 Å². The van der Waals surface area contributed by atoms with Crippen molar-refractivity contribution in [1.29, 1.82) is 0 Å². The van der Waals surface area contributed by atoms with Crippen LogP contribution in [-0.4, -0.2) is 53.6 Å². The zero-order chi connectivity index (χ0) is 20.3. The van der Waals surface area contributed by atoms with E-state index in [1.165, 1.54) is 5.56 Å². The lowest BCUT2D eigenvalue weighted by Crippen LogP contribution is -2.40. The molecule has 1 N–H and O–H groups in total. The Kier molecular flexibility index (Phi) is 8.71. The number of guanidine groups is 1. The van der Waals surface area contributed by atoms with E-state index < -0.39 is 10.8 Å². The third-order valence-corrected chi connectivity index (χ3v) is 6.28. The van der Waals surface area contributed by atoms with Crippen molar-refractivity contribution in [2.24, 2.45) is 10.9 Å². The van der Waals surface area contributed by atoms with Gasteiger partial charge in [0.1, 0.15) is 0 Å². The topological polar surface area (TPSA) is 53.9 Å². The number of hydrogen-bond donors (Lipinski definition) is 1. The van der Waals surface area contributed by atoms with E-state index >= 15 is 0 Å². The Balaban J connectivity index is 1.45. The number of nitrogens with one attached hydrogen (secondary N) is 1. The summed E-state index contributed by atoms with van der Waals surface area (Å²) >= 11 is 0. The lowest BCUT2D eigenvalue weighted by Gasteiger charge is -2.21. The number of hydrogen-bond acceptors (Lipinski definition) is 3. The van der Waals surface area contributed by atoms with Crippen LogP contribution in [0.25, 0.3) is 0 Å². The van der Waals surface area contributed by atoms with Crippen LogP contribution in [0.5, 0.6) is 0 Å². The number of nitrogens with zero attached hydrogens (tertiary/aromatic N) is 2. The monoisotopic (exact) mass is 413 g/mol. The molecule has 29 heavy (non-hydrogen) atoms. The standard InChI is InChI=1S/C23H31N3O2S/c1-2-24-23(25-14-16-29(27)22-11-7-4-8-12-22)26-15-13-21(17-26)19-28-18-20-9-5-3-6-10-20/h3-12,21H,2,13-19H2,1H3,(H,24,25). The molecule has 1 saturated heterocycles. The first-order chi connectivity index (χ1) is 14.3. The second-order valence-corrected chi connectivity index (χ2v) is 8.77. The molecule has 1 aliphatic heterocycles. The van der Waals surface area contributed by atoms with E-state index in [2.05, 4.69) is 29.3 Å².